The summed E-state index contributed by atoms with van der Waals surface area (Å²) in [5, 5.41) is 18.5. The zero-order chi connectivity index (χ0) is 18.1. The van der Waals surface area contributed by atoms with Crippen LogP contribution in [0.2, 0.25) is 0 Å². The topological polar surface area (TPSA) is 82.1 Å². The van der Waals surface area contributed by atoms with Gasteiger partial charge in [0.2, 0.25) is 5.91 Å². The van der Waals surface area contributed by atoms with Crippen LogP contribution < -0.4 is 0 Å². The number of hydrogen-bond donors (Lipinski definition) is 2. The highest BCUT2D eigenvalue weighted by Gasteiger charge is 2.34. The van der Waals surface area contributed by atoms with Crippen molar-refractivity contribution >= 4 is 27.5 Å². The number of aromatic nitrogens is 3. The Morgan fingerprint density at radius 3 is 3.00 bits per heavy atom. The van der Waals surface area contributed by atoms with Crippen LogP contribution in [0.1, 0.15) is 22.8 Å². The van der Waals surface area contributed by atoms with Crippen molar-refractivity contribution in [3.63, 3.8) is 0 Å². The third kappa shape index (κ3) is 3.64. The monoisotopic (exact) mass is 370 g/mol. The van der Waals surface area contributed by atoms with Crippen molar-refractivity contribution in [3.8, 4) is 0 Å². The molecule has 0 bridgehead atoms. The van der Waals surface area contributed by atoms with E-state index in [0.717, 1.165) is 26.6 Å². The number of para-hydroxylation sites is 1. The number of carbonyl (C=O) groups is 1. The summed E-state index contributed by atoms with van der Waals surface area (Å²) in [6.07, 6.45) is 1.28. The molecule has 1 amide bonds. The molecule has 1 saturated heterocycles. The molecule has 0 radical (unpaired) electrons. The number of aliphatic hydroxyl groups is 1. The lowest BCUT2D eigenvalue weighted by Gasteiger charge is -2.15. The molecule has 7 heteroatoms. The molecule has 2 N–H and O–H groups in total. The number of thiazole rings is 1. The number of carbonyl (C=O) groups excluding carboxylic acids is 1. The van der Waals surface area contributed by atoms with Crippen molar-refractivity contribution in [3.05, 3.63) is 46.7 Å². The molecule has 0 spiro atoms. The molecule has 0 saturated carbocycles. The van der Waals surface area contributed by atoms with Crippen molar-refractivity contribution in [1.82, 2.24) is 20.1 Å². The molecule has 0 aliphatic carbocycles. The maximum absolute atomic E-state index is 12.6. The number of benzene rings is 1. The van der Waals surface area contributed by atoms with Gasteiger partial charge in [-0.15, -0.1) is 11.3 Å². The molecule has 136 valence electrons. The van der Waals surface area contributed by atoms with Gasteiger partial charge in [-0.3, -0.25) is 9.89 Å². The Kier molecular flexibility index (Phi) is 4.74. The van der Waals surface area contributed by atoms with Crippen molar-refractivity contribution < 1.29 is 9.90 Å². The van der Waals surface area contributed by atoms with Crippen molar-refractivity contribution in [2.75, 3.05) is 13.1 Å². The van der Waals surface area contributed by atoms with Crippen LogP contribution in [-0.4, -0.2) is 50.3 Å². The lowest BCUT2D eigenvalue weighted by atomic mass is 10.0. The fraction of sp³-hybridized carbons (Fsp3) is 0.421. The smallest absolute Gasteiger partial charge is 0.223 e. The van der Waals surface area contributed by atoms with Gasteiger partial charge in [-0.2, -0.15) is 5.10 Å². The molecular weight excluding hydrogens is 348 g/mol. The molecule has 3 heterocycles. The standard InChI is InChI=1S/C19H22N4O2S/c1-12-8-14(22-21-12)9-13-10-23(11-16(13)24)19(25)7-6-18-20-15-4-2-3-5-17(15)26-18/h2-5,8,13,16,24H,6-7,9-11H2,1H3,(H,21,22)/t13-,16-/m1/s1. The van der Waals surface area contributed by atoms with Gasteiger partial charge in [0.1, 0.15) is 0 Å². The van der Waals surface area contributed by atoms with E-state index in [1.54, 1.807) is 16.2 Å². The minimum atomic E-state index is -0.488. The van der Waals surface area contributed by atoms with Gasteiger partial charge in [0.15, 0.2) is 0 Å². The lowest BCUT2D eigenvalue weighted by Crippen LogP contribution is -2.29. The highest BCUT2D eigenvalue weighted by molar-refractivity contribution is 7.18. The number of β-amino-alcohol motifs (C(OH)–C–C–N with tert-alkyl or cyclic N) is 1. The summed E-state index contributed by atoms with van der Waals surface area (Å²) >= 11 is 1.64. The molecule has 4 rings (SSSR count). The van der Waals surface area contributed by atoms with E-state index in [1.807, 2.05) is 31.2 Å². The van der Waals surface area contributed by atoms with E-state index in [-0.39, 0.29) is 11.8 Å². The van der Waals surface area contributed by atoms with Crippen molar-refractivity contribution in [2.45, 2.75) is 32.3 Å². The number of aliphatic hydroxyl groups excluding tert-OH is 1. The van der Waals surface area contributed by atoms with E-state index in [2.05, 4.69) is 21.2 Å². The molecule has 2 aromatic heterocycles. The third-order valence-electron chi connectivity index (χ3n) is 4.88. The summed E-state index contributed by atoms with van der Waals surface area (Å²) in [6, 6.07) is 10.0. The Balaban J connectivity index is 1.33. The normalized spacial score (nSPS) is 20.2. The van der Waals surface area contributed by atoms with Crippen LogP contribution in [0.4, 0.5) is 0 Å². The van der Waals surface area contributed by atoms with Gasteiger partial charge in [0.05, 0.1) is 27.0 Å². The predicted molar refractivity (Wildman–Crippen MR) is 101 cm³/mol. The number of rotatable bonds is 5. The third-order valence-corrected chi connectivity index (χ3v) is 5.98. The lowest BCUT2D eigenvalue weighted by molar-refractivity contribution is -0.130. The van der Waals surface area contributed by atoms with Gasteiger partial charge in [-0.1, -0.05) is 12.1 Å². The zero-order valence-corrected chi connectivity index (χ0v) is 15.5. The van der Waals surface area contributed by atoms with Crippen molar-refractivity contribution in [1.29, 1.82) is 0 Å². The molecule has 1 fully saturated rings. The fourth-order valence-electron chi connectivity index (χ4n) is 3.50. The fourth-order valence-corrected chi connectivity index (χ4v) is 4.47. The Bertz CT molecular complexity index is 886. The number of fused-ring (bicyclic) bond motifs is 1. The minimum absolute atomic E-state index is 0.0455. The van der Waals surface area contributed by atoms with Gasteiger partial charge in [-0.25, -0.2) is 4.98 Å². The Morgan fingerprint density at radius 2 is 2.23 bits per heavy atom. The van der Waals surface area contributed by atoms with Crippen LogP contribution in [0.3, 0.4) is 0 Å². The predicted octanol–water partition coefficient (Wildman–Crippen LogP) is 2.32. The number of hydrogen-bond acceptors (Lipinski definition) is 5. The summed E-state index contributed by atoms with van der Waals surface area (Å²) < 4.78 is 1.15. The second-order valence-electron chi connectivity index (χ2n) is 6.95. The van der Waals surface area contributed by atoms with Gasteiger partial charge in [0.25, 0.3) is 0 Å². The number of nitrogens with zero attached hydrogens (tertiary/aromatic N) is 3. The second-order valence-corrected chi connectivity index (χ2v) is 8.06. The van der Waals surface area contributed by atoms with Gasteiger partial charge in [-0.05, 0) is 31.5 Å². The van der Waals surface area contributed by atoms with Crippen LogP contribution >= 0.6 is 11.3 Å². The summed E-state index contributed by atoms with van der Waals surface area (Å²) in [5.74, 6) is 0.133. The first-order valence-electron chi connectivity index (χ1n) is 8.89. The largest absolute Gasteiger partial charge is 0.391 e. The summed E-state index contributed by atoms with van der Waals surface area (Å²) in [6.45, 7) is 2.96. The average Bonchev–Trinajstić information content (AvgIpc) is 3.32. The molecule has 6 nitrogen and oxygen atoms in total. The number of aromatic amines is 1. The molecular formula is C19H22N4O2S. The first-order chi connectivity index (χ1) is 12.6. The molecule has 26 heavy (non-hydrogen) atoms. The first kappa shape index (κ1) is 17.2. The minimum Gasteiger partial charge on any atom is -0.391 e. The van der Waals surface area contributed by atoms with Crippen LogP contribution in [0, 0.1) is 12.8 Å². The van der Waals surface area contributed by atoms with Gasteiger partial charge < -0.3 is 10.0 Å². The molecule has 1 aromatic carbocycles. The summed E-state index contributed by atoms with van der Waals surface area (Å²) in [4.78, 5) is 18.9. The van der Waals surface area contributed by atoms with E-state index in [0.29, 0.717) is 32.4 Å². The second kappa shape index (κ2) is 7.17. The molecule has 3 aromatic rings. The molecule has 0 unspecified atom stereocenters. The number of nitrogens with one attached hydrogen (secondary N) is 1. The number of H-pyrrole nitrogens is 1. The average molecular weight is 370 g/mol. The van der Waals surface area contributed by atoms with E-state index in [4.69, 9.17) is 0 Å². The number of likely N-dealkylation sites (tertiary alicyclic amines) is 1. The Morgan fingerprint density at radius 1 is 1.38 bits per heavy atom. The number of amides is 1. The molecule has 1 aliphatic heterocycles. The van der Waals surface area contributed by atoms with Crippen LogP contribution in [-0.2, 0) is 17.6 Å². The first-order valence-corrected chi connectivity index (χ1v) is 9.71. The number of aryl methyl sites for hydroxylation is 2. The highest BCUT2D eigenvalue weighted by atomic mass is 32.1. The van der Waals surface area contributed by atoms with Crippen LogP contribution in [0.5, 0.6) is 0 Å². The van der Waals surface area contributed by atoms with Crippen LogP contribution in [0.25, 0.3) is 10.2 Å². The summed E-state index contributed by atoms with van der Waals surface area (Å²) in [7, 11) is 0. The zero-order valence-electron chi connectivity index (χ0n) is 14.7. The Hall–Kier alpha value is -2.25. The van der Waals surface area contributed by atoms with Gasteiger partial charge >= 0.3 is 0 Å². The Labute approximate surface area is 155 Å². The van der Waals surface area contributed by atoms with E-state index < -0.39 is 6.10 Å². The molecule has 2 atom stereocenters. The van der Waals surface area contributed by atoms with Crippen LogP contribution in [0.15, 0.2) is 30.3 Å². The maximum Gasteiger partial charge on any atom is 0.223 e. The maximum atomic E-state index is 12.6. The highest BCUT2D eigenvalue weighted by Crippen LogP contribution is 2.24. The summed E-state index contributed by atoms with van der Waals surface area (Å²) in [5.41, 5.74) is 2.94. The molecule has 1 aliphatic rings. The van der Waals surface area contributed by atoms with Gasteiger partial charge in [0, 0.05) is 37.5 Å². The SMILES string of the molecule is Cc1cc(C[C@@H]2CN(C(=O)CCc3nc4ccccc4s3)C[C@H]2O)n[nH]1. The van der Waals surface area contributed by atoms with E-state index in [1.165, 1.54) is 0 Å². The van der Waals surface area contributed by atoms with E-state index >= 15 is 0 Å². The van der Waals surface area contributed by atoms with E-state index in [9.17, 15) is 9.90 Å². The quantitative estimate of drug-likeness (QED) is 0.722. The van der Waals surface area contributed by atoms with Crippen molar-refractivity contribution in [2.24, 2.45) is 5.92 Å².